The number of aromatic nitrogens is 1. The van der Waals surface area contributed by atoms with Crippen LogP contribution in [0.3, 0.4) is 0 Å². The van der Waals surface area contributed by atoms with Gasteiger partial charge in [-0.1, -0.05) is 60.7 Å². The minimum atomic E-state index is 0.603. The molecule has 0 aliphatic carbocycles. The SMILES string of the molecule is N=C=C(C(=S)SCc1cccc2ccccc12)[n+]1ccccc1. The van der Waals surface area contributed by atoms with E-state index in [2.05, 4.69) is 42.3 Å². The predicted octanol–water partition coefficient (Wildman–Crippen LogP) is 4.48. The van der Waals surface area contributed by atoms with Gasteiger partial charge < -0.3 is 0 Å². The number of benzene rings is 2. The monoisotopic (exact) mass is 335 g/mol. The number of hydrogen-bond donors (Lipinski definition) is 1. The third-order valence-corrected chi connectivity index (χ3v) is 4.98. The fraction of sp³-hybridized carbons (Fsp3) is 0.0526. The maximum absolute atomic E-state index is 7.53. The molecule has 0 fully saturated rings. The molecule has 0 bridgehead atoms. The Kier molecular flexibility index (Phi) is 4.99. The molecule has 0 atom stereocenters. The maximum atomic E-state index is 7.53. The first kappa shape index (κ1) is 15.6. The third kappa shape index (κ3) is 3.57. The third-order valence-electron chi connectivity index (χ3n) is 3.52. The number of rotatable bonds is 4. The Morgan fingerprint density at radius 2 is 1.74 bits per heavy atom. The van der Waals surface area contributed by atoms with E-state index in [1.165, 1.54) is 16.3 Å². The molecule has 1 heterocycles. The van der Waals surface area contributed by atoms with E-state index in [-0.39, 0.29) is 0 Å². The molecular weight excluding hydrogens is 320 g/mol. The fourth-order valence-electron chi connectivity index (χ4n) is 2.40. The first-order valence-corrected chi connectivity index (χ1v) is 8.59. The smallest absolute Gasteiger partial charge is 0.253 e. The average Bonchev–Trinajstić information content (AvgIpc) is 2.61. The molecule has 23 heavy (non-hydrogen) atoms. The molecule has 0 amide bonds. The summed E-state index contributed by atoms with van der Waals surface area (Å²) in [5.74, 6) is 3.24. The van der Waals surface area contributed by atoms with E-state index in [0.29, 0.717) is 9.89 Å². The van der Waals surface area contributed by atoms with Gasteiger partial charge in [0.25, 0.3) is 5.70 Å². The summed E-state index contributed by atoms with van der Waals surface area (Å²) >= 11 is 7.06. The van der Waals surface area contributed by atoms with Gasteiger partial charge in [0.15, 0.2) is 16.6 Å². The van der Waals surface area contributed by atoms with Crippen LogP contribution in [0.25, 0.3) is 16.5 Å². The van der Waals surface area contributed by atoms with Gasteiger partial charge in [-0.15, -0.1) is 11.8 Å². The standard InChI is InChI=1S/C19H15N2S2/c20-13-18(21-11-4-1-5-12-21)19(22)23-14-16-9-6-8-15-7-2-3-10-17(15)16/h1-12,20H,14H2/q+1. The topological polar surface area (TPSA) is 27.7 Å². The van der Waals surface area contributed by atoms with Gasteiger partial charge in [-0.3, -0.25) is 5.41 Å². The summed E-state index contributed by atoms with van der Waals surface area (Å²) in [7, 11) is 0. The number of thiocarbonyl (C=S) groups is 1. The molecule has 0 radical (unpaired) electrons. The van der Waals surface area contributed by atoms with Crippen LogP contribution in [0.4, 0.5) is 0 Å². The van der Waals surface area contributed by atoms with Crippen LogP contribution >= 0.6 is 24.0 Å². The molecule has 0 saturated carbocycles. The van der Waals surface area contributed by atoms with Gasteiger partial charge in [-0.25, -0.2) is 0 Å². The molecule has 2 nitrogen and oxygen atoms in total. The quantitative estimate of drug-likeness (QED) is 0.329. The zero-order valence-electron chi connectivity index (χ0n) is 12.4. The number of hydrogen-bond acceptors (Lipinski definition) is 3. The minimum absolute atomic E-state index is 0.603. The van der Waals surface area contributed by atoms with E-state index >= 15 is 0 Å². The number of pyridine rings is 1. The summed E-state index contributed by atoms with van der Waals surface area (Å²) in [5.41, 5.74) is 1.85. The van der Waals surface area contributed by atoms with E-state index in [1.54, 1.807) is 11.8 Å². The number of fused-ring (bicyclic) bond motifs is 1. The first-order chi connectivity index (χ1) is 11.3. The van der Waals surface area contributed by atoms with Gasteiger partial charge in [-0.05, 0) is 16.3 Å². The van der Waals surface area contributed by atoms with E-state index < -0.39 is 0 Å². The highest BCUT2D eigenvalue weighted by atomic mass is 32.2. The summed E-state index contributed by atoms with van der Waals surface area (Å²) in [6.45, 7) is 0. The molecule has 3 aromatic rings. The van der Waals surface area contributed by atoms with Crippen LogP contribution in [0.15, 0.2) is 73.1 Å². The molecule has 1 aromatic heterocycles. The Morgan fingerprint density at radius 1 is 1.00 bits per heavy atom. The van der Waals surface area contributed by atoms with Gasteiger partial charge in [0.1, 0.15) is 0 Å². The van der Waals surface area contributed by atoms with Crippen molar-refractivity contribution in [2.45, 2.75) is 5.75 Å². The molecular formula is C19H15N2S2+. The van der Waals surface area contributed by atoms with Crippen molar-refractivity contribution in [1.29, 1.82) is 5.41 Å². The molecule has 4 heteroatoms. The minimum Gasteiger partial charge on any atom is -0.253 e. The zero-order chi connectivity index (χ0) is 16.1. The molecule has 0 aliphatic rings. The highest BCUT2D eigenvalue weighted by molar-refractivity contribution is 8.23. The van der Waals surface area contributed by atoms with Gasteiger partial charge in [0, 0.05) is 17.9 Å². The lowest BCUT2D eigenvalue weighted by atomic mass is 10.1. The normalized spacial score (nSPS) is 10.3. The molecule has 0 saturated heterocycles. The van der Waals surface area contributed by atoms with Crippen LogP contribution in [-0.2, 0) is 5.75 Å². The van der Waals surface area contributed by atoms with Gasteiger partial charge >= 0.3 is 0 Å². The van der Waals surface area contributed by atoms with E-state index in [1.807, 2.05) is 41.2 Å². The summed E-state index contributed by atoms with van der Waals surface area (Å²) in [6, 6.07) is 20.4. The lowest BCUT2D eigenvalue weighted by Gasteiger charge is -2.06. The predicted molar refractivity (Wildman–Crippen MR) is 102 cm³/mol. The van der Waals surface area contributed by atoms with E-state index in [0.717, 1.165) is 5.75 Å². The van der Waals surface area contributed by atoms with Crippen LogP contribution < -0.4 is 4.57 Å². The van der Waals surface area contributed by atoms with Crippen LogP contribution in [0.5, 0.6) is 0 Å². The number of thioether (sulfide) groups is 1. The lowest BCUT2D eigenvalue weighted by Crippen LogP contribution is -2.34. The van der Waals surface area contributed by atoms with Crippen molar-refractivity contribution < 1.29 is 4.57 Å². The molecule has 0 unspecified atom stereocenters. The van der Waals surface area contributed by atoms with Crippen LogP contribution in [0, 0.1) is 5.41 Å². The zero-order valence-corrected chi connectivity index (χ0v) is 14.0. The maximum Gasteiger partial charge on any atom is 0.297 e. The Labute approximate surface area is 145 Å². The van der Waals surface area contributed by atoms with Crippen molar-refractivity contribution in [3.05, 3.63) is 78.6 Å². The second-order valence-electron chi connectivity index (χ2n) is 4.97. The average molecular weight is 335 g/mol. The Balaban J connectivity index is 1.80. The fourth-order valence-corrected chi connectivity index (χ4v) is 3.56. The highest BCUT2D eigenvalue weighted by Crippen LogP contribution is 2.24. The summed E-state index contributed by atoms with van der Waals surface area (Å²) in [6.07, 6.45) is 3.75. The molecule has 1 N–H and O–H groups in total. The largest absolute Gasteiger partial charge is 0.297 e. The molecule has 112 valence electrons. The van der Waals surface area contributed by atoms with Gasteiger partial charge in [0.2, 0.25) is 0 Å². The van der Waals surface area contributed by atoms with E-state index in [4.69, 9.17) is 17.6 Å². The van der Waals surface area contributed by atoms with Crippen LogP contribution in [-0.4, -0.2) is 10.1 Å². The summed E-state index contributed by atoms with van der Waals surface area (Å²) in [4.78, 5) is 0. The van der Waals surface area contributed by atoms with Gasteiger partial charge in [-0.2, -0.15) is 4.57 Å². The number of nitrogens with zero attached hydrogens (tertiary/aromatic N) is 1. The van der Waals surface area contributed by atoms with Crippen molar-refractivity contribution >= 4 is 50.5 Å². The summed E-state index contributed by atoms with van der Waals surface area (Å²) < 4.78 is 2.50. The Hall–Kier alpha value is -2.26. The van der Waals surface area contributed by atoms with Gasteiger partial charge in [0.05, 0.1) is 5.87 Å². The highest BCUT2D eigenvalue weighted by Gasteiger charge is 2.16. The summed E-state index contributed by atoms with van der Waals surface area (Å²) in [5, 5.41) is 10.0. The van der Waals surface area contributed by atoms with Crippen molar-refractivity contribution in [3.63, 3.8) is 0 Å². The number of nitrogens with one attached hydrogen (secondary N) is 1. The second-order valence-corrected chi connectivity index (χ2v) is 6.62. The van der Waals surface area contributed by atoms with Crippen molar-refractivity contribution in [2.75, 3.05) is 0 Å². The van der Waals surface area contributed by atoms with Crippen molar-refractivity contribution in [1.82, 2.24) is 0 Å². The van der Waals surface area contributed by atoms with Crippen LogP contribution in [0.2, 0.25) is 0 Å². The first-order valence-electron chi connectivity index (χ1n) is 7.20. The molecule has 3 rings (SSSR count). The Morgan fingerprint density at radius 3 is 2.52 bits per heavy atom. The van der Waals surface area contributed by atoms with Crippen LogP contribution in [0.1, 0.15) is 5.56 Å². The second kappa shape index (κ2) is 7.34. The molecule has 0 aliphatic heterocycles. The van der Waals surface area contributed by atoms with Crippen molar-refractivity contribution in [3.8, 4) is 0 Å². The molecule has 2 aromatic carbocycles. The molecule has 0 spiro atoms. The van der Waals surface area contributed by atoms with E-state index in [9.17, 15) is 0 Å². The van der Waals surface area contributed by atoms with Crippen molar-refractivity contribution in [2.24, 2.45) is 0 Å². The Bertz CT molecular complexity index is 892. The lowest BCUT2D eigenvalue weighted by molar-refractivity contribution is -0.574.